The smallest absolute Gasteiger partial charge is 0.184 e. The number of imidazole rings is 1. The molecule has 0 fully saturated rings. The molecule has 8 nitrogen and oxygen atoms in total. The quantitative estimate of drug-likeness (QED) is 0.136. The molecule has 0 unspecified atom stereocenters. The number of nitriles is 1. The molecule has 8 rings (SSSR count). The molecule has 0 saturated heterocycles. The average Bonchev–Trinajstić information content (AvgIpc) is 3.82. The Bertz CT molecular complexity index is 2360. The lowest BCUT2D eigenvalue weighted by molar-refractivity contribution is 0.451. The predicted molar refractivity (Wildman–Crippen MR) is 199 cm³/mol. The number of hydrogen-bond acceptors (Lipinski definition) is 6. The summed E-state index contributed by atoms with van der Waals surface area (Å²) >= 11 is 0. The number of fused-ring (bicyclic) bond motifs is 1. The van der Waals surface area contributed by atoms with Crippen LogP contribution in [0.1, 0.15) is 47.1 Å². The second-order valence-electron chi connectivity index (χ2n) is 12.5. The summed E-state index contributed by atoms with van der Waals surface area (Å²) in [6.07, 6.45) is 3.42. The van der Waals surface area contributed by atoms with E-state index < -0.39 is 5.54 Å². The Hall–Kier alpha value is -6.72. The molecule has 8 aromatic rings. The van der Waals surface area contributed by atoms with E-state index >= 15 is 0 Å². The number of hydrogen-bond donors (Lipinski definition) is 0. The van der Waals surface area contributed by atoms with Crippen molar-refractivity contribution in [2.75, 3.05) is 0 Å². The Kier molecular flexibility index (Phi) is 8.44. The summed E-state index contributed by atoms with van der Waals surface area (Å²) in [5.74, 6) is 1.61. The van der Waals surface area contributed by atoms with Gasteiger partial charge in [-0.1, -0.05) is 146 Å². The number of pyridine rings is 1. The van der Waals surface area contributed by atoms with Gasteiger partial charge in [0.25, 0.3) is 0 Å². The minimum atomic E-state index is -0.861. The number of benzene rings is 5. The van der Waals surface area contributed by atoms with Gasteiger partial charge < -0.3 is 4.57 Å². The molecule has 0 bridgehead atoms. The summed E-state index contributed by atoms with van der Waals surface area (Å²) in [4.78, 5) is 9.19. The standard InChI is InChI=1S/C43H34N8/c1-2-14-40-46-38-27-28-45-39(29-44)41(38)50(40)30-31-23-25-32(26-24-31)36-21-12-13-22-37(36)42-47-48-49-51(42)43(33-15-6-3-7-16-33,34-17-8-4-9-18-34)35-19-10-5-11-20-35/h3-13,15-28H,2,14,30H2,1H3. The van der Waals surface area contributed by atoms with Crippen LogP contribution in [0.2, 0.25) is 0 Å². The molecule has 8 heteroatoms. The highest BCUT2D eigenvalue weighted by atomic mass is 15.6. The van der Waals surface area contributed by atoms with Crippen LogP contribution in [-0.4, -0.2) is 34.7 Å². The van der Waals surface area contributed by atoms with E-state index in [0.29, 0.717) is 18.1 Å². The third kappa shape index (κ3) is 5.55. The van der Waals surface area contributed by atoms with E-state index in [1.54, 1.807) is 6.20 Å². The highest BCUT2D eigenvalue weighted by Gasteiger charge is 2.42. The Morgan fingerprint density at radius 2 is 1.27 bits per heavy atom. The molecule has 3 heterocycles. The number of rotatable bonds is 10. The molecule has 0 spiro atoms. The van der Waals surface area contributed by atoms with Crippen LogP contribution in [0.25, 0.3) is 33.5 Å². The summed E-state index contributed by atoms with van der Waals surface area (Å²) in [5.41, 5.74) is 8.31. The molecule has 0 N–H and O–H groups in total. The van der Waals surface area contributed by atoms with Crippen molar-refractivity contribution in [3.63, 3.8) is 0 Å². The summed E-state index contributed by atoms with van der Waals surface area (Å²) in [7, 11) is 0. The second-order valence-corrected chi connectivity index (χ2v) is 12.5. The van der Waals surface area contributed by atoms with Gasteiger partial charge in [-0.2, -0.15) is 5.26 Å². The van der Waals surface area contributed by atoms with Crippen LogP contribution in [-0.2, 0) is 18.5 Å². The normalized spacial score (nSPS) is 11.5. The fourth-order valence-electron chi connectivity index (χ4n) is 7.18. The highest BCUT2D eigenvalue weighted by Crippen LogP contribution is 2.43. The fourth-order valence-corrected chi connectivity index (χ4v) is 7.18. The van der Waals surface area contributed by atoms with E-state index in [9.17, 15) is 5.26 Å². The van der Waals surface area contributed by atoms with Gasteiger partial charge in [0.05, 0.1) is 5.52 Å². The van der Waals surface area contributed by atoms with E-state index in [1.807, 2.05) is 41.1 Å². The molecular formula is C43H34N8. The van der Waals surface area contributed by atoms with Gasteiger partial charge in [0.2, 0.25) is 0 Å². The van der Waals surface area contributed by atoms with Gasteiger partial charge in [0, 0.05) is 24.7 Å². The van der Waals surface area contributed by atoms with Crippen molar-refractivity contribution in [3.05, 3.63) is 186 Å². The number of nitrogens with zero attached hydrogens (tertiary/aromatic N) is 8. The maximum absolute atomic E-state index is 9.83. The number of tetrazole rings is 1. The van der Waals surface area contributed by atoms with Crippen molar-refractivity contribution in [1.29, 1.82) is 5.26 Å². The molecule has 0 amide bonds. The van der Waals surface area contributed by atoms with Gasteiger partial charge in [-0.25, -0.2) is 14.6 Å². The zero-order chi connectivity index (χ0) is 34.6. The summed E-state index contributed by atoms with van der Waals surface area (Å²) in [6, 6.07) is 52.3. The van der Waals surface area contributed by atoms with Gasteiger partial charge >= 0.3 is 0 Å². The van der Waals surface area contributed by atoms with Gasteiger partial charge in [-0.05, 0) is 56.3 Å². The Morgan fingerprint density at radius 3 is 1.86 bits per heavy atom. The Labute approximate surface area is 296 Å². The van der Waals surface area contributed by atoms with E-state index in [2.05, 4.69) is 137 Å². The van der Waals surface area contributed by atoms with Crippen LogP contribution >= 0.6 is 0 Å². The zero-order valence-corrected chi connectivity index (χ0v) is 28.1. The van der Waals surface area contributed by atoms with Crippen molar-refractivity contribution in [2.45, 2.75) is 31.8 Å². The third-order valence-corrected chi connectivity index (χ3v) is 9.45. The largest absolute Gasteiger partial charge is 0.321 e. The highest BCUT2D eigenvalue weighted by molar-refractivity contribution is 5.82. The van der Waals surface area contributed by atoms with Crippen molar-refractivity contribution in [1.82, 2.24) is 34.7 Å². The fraction of sp³-hybridized carbons (Fsp3) is 0.116. The molecular weight excluding hydrogens is 629 g/mol. The second kappa shape index (κ2) is 13.7. The van der Waals surface area contributed by atoms with Gasteiger partial charge in [-0.15, -0.1) is 5.10 Å². The van der Waals surface area contributed by atoms with Crippen molar-refractivity contribution < 1.29 is 0 Å². The molecule has 51 heavy (non-hydrogen) atoms. The maximum Gasteiger partial charge on any atom is 0.184 e. The molecule has 0 radical (unpaired) electrons. The molecule has 0 aliphatic heterocycles. The Morgan fingerprint density at radius 1 is 0.686 bits per heavy atom. The summed E-state index contributed by atoms with van der Waals surface area (Å²) < 4.78 is 4.11. The topological polar surface area (TPSA) is 98.1 Å². The SMILES string of the molecule is CCCc1nc2ccnc(C#N)c2n1Cc1ccc(-c2ccccc2-c2nnnn2C(c2ccccc2)(c2ccccc2)c2ccccc2)cc1. The molecule has 0 saturated carbocycles. The summed E-state index contributed by atoms with van der Waals surface area (Å²) in [6.45, 7) is 2.72. The van der Waals surface area contributed by atoms with Gasteiger partial charge in [0.15, 0.2) is 11.5 Å². The maximum atomic E-state index is 9.83. The molecule has 3 aromatic heterocycles. The van der Waals surface area contributed by atoms with E-state index in [4.69, 9.17) is 15.3 Å². The van der Waals surface area contributed by atoms with E-state index in [0.717, 1.165) is 68.6 Å². The molecule has 246 valence electrons. The van der Waals surface area contributed by atoms with Crippen LogP contribution in [0.4, 0.5) is 0 Å². The molecule has 0 aliphatic rings. The lowest BCUT2D eigenvalue weighted by Crippen LogP contribution is -2.39. The minimum Gasteiger partial charge on any atom is -0.321 e. The minimum absolute atomic E-state index is 0.392. The van der Waals surface area contributed by atoms with Crippen molar-refractivity contribution in [3.8, 4) is 28.6 Å². The zero-order valence-electron chi connectivity index (χ0n) is 28.1. The van der Waals surface area contributed by atoms with Gasteiger partial charge in [0.1, 0.15) is 22.9 Å². The average molecular weight is 663 g/mol. The monoisotopic (exact) mass is 662 g/mol. The predicted octanol–water partition coefficient (Wildman–Crippen LogP) is 8.46. The number of aromatic nitrogens is 7. The van der Waals surface area contributed by atoms with Crippen LogP contribution in [0.15, 0.2) is 152 Å². The third-order valence-electron chi connectivity index (χ3n) is 9.45. The lowest BCUT2D eigenvalue weighted by Gasteiger charge is -2.36. The number of aryl methyl sites for hydroxylation is 1. The first-order chi connectivity index (χ1) is 25.2. The van der Waals surface area contributed by atoms with Gasteiger partial charge in [-0.3, -0.25) is 0 Å². The van der Waals surface area contributed by atoms with Crippen molar-refractivity contribution in [2.24, 2.45) is 0 Å². The van der Waals surface area contributed by atoms with Crippen molar-refractivity contribution >= 4 is 11.0 Å². The van der Waals surface area contributed by atoms with E-state index in [-0.39, 0.29) is 0 Å². The van der Waals surface area contributed by atoms with Crippen LogP contribution in [0.5, 0.6) is 0 Å². The first-order valence-electron chi connectivity index (χ1n) is 17.1. The summed E-state index contributed by atoms with van der Waals surface area (Å²) in [5, 5.41) is 23.6. The molecule has 0 atom stereocenters. The first kappa shape index (κ1) is 31.5. The van der Waals surface area contributed by atoms with Crippen LogP contribution in [0, 0.1) is 11.3 Å². The van der Waals surface area contributed by atoms with Crippen LogP contribution in [0.3, 0.4) is 0 Å². The lowest BCUT2D eigenvalue weighted by atomic mass is 9.77. The van der Waals surface area contributed by atoms with Crippen LogP contribution < -0.4 is 0 Å². The Balaban J connectivity index is 1.24. The molecule has 0 aliphatic carbocycles. The van der Waals surface area contributed by atoms with E-state index in [1.165, 1.54) is 0 Å². The molecule has 5 aromatic carbocycles. The first-order valence-corrected chi connectivity index (χ1v) is 17.1.